The Hall–Kier alpha value is -14.5. The first-order valence-electron chi connectivity index (χ1n) is 48.2. The number of amides is 9. The molecule has 4 saturated carbocycles. The molecule has 10 N–H and O–H groups in total. The van der Waals surface area contributed by atoms with Crippen LogP contribution in [0.3, 0.4) is 0 Å². The first-order valence-corrected chi connectivity index (χ1v) is 51.5. The molecule has 19 heterocycles. The van der Waals surface area contributed by atoms with E-state index in [-0.39, 0.29) is 72.0 Å². The van der Waals surface area contributed by atoms with Crippen LogP contribution in [0.5, 0.6) is 0 Å². The summed E-state index contributed by atoms with van der Waals surface area (Å²) in [6, 6.07) is 24.9. The number of piperidine rings is 1. The molecule has 12 aromatic rings. The molecular weight excluding hydrogens is 1890 g/mol. The van der Waals surface area contributed by atoms with Gasteiger partial charge in [-0.25, -0.2) is 19.9 Å². The monoisotopic (exact) mass is 2000 g/mol. The van der Waals surface area contributed by atoms with Gasteiger partial charge in [-0.3, -0.25) is 43.2 Å². The second-order valence-corrected chi connectivity index (χ2v) is 42.1. The molecular formula is C102H110N26O11S4. The average molecular weight is 2000 g/mol. The minimum atomic E-state index is -0.455. The molecule has 9 amide bonds. The fourth-order valence-corrected chi connectivity index (χ4v) is 21.6. The summed E-state index contributed by atoms with van der Waals surface area (Å²) in [7, 11) is 5.72. The van der Waals surface area contributed by atoms with Crippen molar-refractivity contribution in [3.63, 3.8) is 0 Å². The smallest absolute Gasteiger partial charge is 0.264 e. The summed E-state index contributed by atoms with van der Waals surface area (Å²) >= 11 is 5.70. The van der Waals surface area contributed by atoms with Gasteiger partial charge in [0.1, 0.15) is 23.3 Å². The van der Waals surface area contributed by atoms with Gasteiger partial charge in [-0.1, -0.05) is 26.3 Å². The lowest BCUT2D eigenvalue weighted by Crippen LogP contribution is -2.49. The molecule has 11 aliphatic rings. The molecule has 4 aliphatic carbocycles. The molecule has 0 spiro atoms. The second-order valence-electron chi connectivity index (χ2n) is 37.8. The van der Waals surface area contributed by atoms with E-state index >= 15 is 0 Å². The maximum atomic E-state index is 13.3. The van der Waals surface area contributed by atoms with E-state index < -0.39 is 6.10 Å². The highest BCUT2D eigenvalue weighted by molar-refractivity contribution is 7.18. The van der Waals surface area contributed by atoms with E-state index in [1.807, 2.05) is 116 Å². The number of thiophene rings is 4. The Kier molecular flexibility index (Phi) is 27.7. The number of carbonyl (C=O) groups is 9. The Balaban J connectivity index is 0.000000117. The minimum Gasteiger partial charge on any atom is -0.391 e. The number of rotatable bonds is 26. The number of β-amino-alcohol motifs (C(OH)–C–C–N with tert-alkyl or cyclic N) is 1. The van der Waals surface area contributed by atoms with E-state index in [0.717, 1.165) is 207 Å². The second kappa shape index (κ2) is 41.2. The number of fused-ring (bicyclic) bond motifs is 4. The number of allylic oxidation sites excluding steroid dienone is 4. The number of hydrogen-bond donors (Lipinski definition) is 10. The maximum Gasteiger partial charge on any atom is 0.264 e. The molecule has 11 fully saturated rings. The lowest BCUT2D eigenvalue weighted by Gasteiger charge is -2.33. The molecule has 41 heteroatoms. The summed E-state index contributed by atoms with van der Waals surface area (Å²) in [5.41, 5.74) is 14.7. The molecule has 12 aromatic heterocycles. The normalized spacial score (nSPS) is 19.7. The zero-order chi connectivity index (χ0) is 99.1. The maximum absolute atomic E-state index is 13.3. The Bertz CT molecular complexity index is 7290. The molecule has 23 rings (SSSR count). The van der Waals surface area contributed by atoms with E-state index in [1.165, 1.54) is 45.3 Å². The van der Waals surface area contributed by atoms with Gasteiger partial charge < -0.3 is 82.2 Å². The van der Waals surface area contributed by atoms with E-state index in [4.69, 9.17) is 24.7 Å². The topological polar surface area (TPSA) is 428 Å². The number of anilines is 4. The number of likely N-dealkylation sites (tertiary alicyclic amines) is 2. The zero-order valence-electron chi connectivity index (χ0n) is 79.7. The van der Waals surface area contributed by atoms with Gasteiger partial charge in [0, 0.05) is 160 Å². The van der Waals surface area contributed by atoms with Crippen LogP contribution in [-0.2, 0) is 28.7 Å². The number of hydrogen-bond acceptors (Lipinski definition) is 28. The summed E-state index contributed by atoms with van der Waals surface area (Å²) in [6.45, 7) is 23.4. The Labute approximate surface area is 839 Å². The van der Waals surface area contributed by atoms with Gasteiger partial charge in [-0.2, -0.15) is 38.5 Å². The van der Waals surface area contributed by atoms with E-state index in [9.17, 15) is 48.3 Å². The third kappa shape index (κ3) is 22.1. The summed E-state index contributed by atoms with van der Waals surface area (Å²) in [5, 5.41) is 56.4. The predicted octanol–water partition coefficient (Wildman–Crippen LogP) is 12.6. The van der Waals surface area contributed by atoms with Crippen molar-refractivity contribution in [1.29, 1.82) is 0 Å². The molecule has 2 atom stereocenters. The number of aromatic nitrogens is 12. The Morgan fingerprint density at radius 1 is 0.448 bits per heavy atom. The molecule has 0 bridgehead atoms. The van der Waals surface area contributed by atoms with Gasteiger partial charge in [-0.15, -0.1) is 45.3 Å². The number of carbonyl (C=O) groups excluding carboxylic acids is 9. The van der Waals surface area contributed by atoms with Crippen molar-refractivity contribution in [1.82, 2.24) is 109 Å². The first kappa shape index (κ1) is 96.0. The first-order chi connectivity index (χ1) is 69.2. The van der Waals surface area contributed by atoms with Gasteiger partial charge in [-0.05, 0) is 199 Å². The van der Waals surface area contributed by atoms with Crippen LogP contribution in [0, 0.1) is 0 Å². The Morgan fingerprint density at radius 2 is 0.783 bits per heavy atom. The van der Waals surface area contributed by atoms with E-state index in [0.29, 0.717) is 154 Å². The van der Waals surface area contributed by atoms with Crippen LogP contribution in [0.15, 0.2) is 169 Å². The number of ether oxygens (including phenoxy) is 1. The number of aliphatic hydroxyl groups excluding tert-OH is 1. The molecule has 143 heavy (non-hydrogen) atoms. The summed E-state index contributed by atoms with van der Waals surface area (Å²) in [5.74, 6) is 3.09. The quantitative estimate of drug-likeness (QED) is 0.0225. The number of methoxy groups -OCH3 is 1. The highest BCUT2D eigenvalue weighted by atomic mass is 32.1. The number of nitrogens with one attached hydrogen (secondary N) is 9. The van der Waals surface area contributed by atoms with Crippen LogP contribution in [0.25, 0.3) is 89.2 Å². The van der Waals surface area contributed by atoms with Crippen LogP contribution < -0.4 is 47.9 Å². The fourth-order valence-electron chi connectivity index (χ4n) is 17.9. The molecule has 1 unspecified atom stereocenters. The molecule has 0 radical (unpaired) electrons. The van der Waals surface area contributed by atoms with Crippen molar-refractivity contribution in [2.45, 2.75) is 152 Å². The average Bonchev–Trinajstić information content (AvgIpc) is 1.63. The van der Waals surface area contributed by atoms with Gasteiger partial charge in [0.2, 0.25) is 29.5 Å². The van der Waals surface area contributed by atoms with Crippen molar-refractivity contribution in [2.75, 3.05) is 108 Å². The van der Waals surface area contributed by atoms with Crippen LogP contribution >= 0.6 is 45.3 Å². The van der Waals surface area contributed by atoms with Crippen molar-refractivity contribution < 1.29 is 53.0 Å². The largest absolute Gasteiger partial charge is 0.391 e. The zero-order valence-corrected chi connectivity index (χ0v) is 83.0. The van der Waals surface area contributed by atoms with Crippen molar-refractivity contribution in [3.8, 4) is 42.3 Å². The lowest BCUT2D eigenvalue weighted by molar-refractivity contribution is -0.130. The SMILES string of the molecule is C=C1NC(=O)C/C1=C\c1cnn2c(NC3CC3)cc(-c3ccc(C(=O)N4CCCC(O)C4)s3)nc12.C=C1NC(=O)C/C1=C\c1cnn2c(NC3CC3)cc(-c3ccc(C(=O)N4CCC[C@H]4COC)s3)nc12.C=C1NC(=O)C/C1=C\c1cnn2c(NC3CC3)cc(-c3ccc(C(=O)N4CCN(C(C)=O)CC4)s3)nc12.C=C1NC(=O)C/C1=C\c1cnn2c(NC3CC3)cc(-c3ccc(C(=O)NCCCN(C)C)s3)nc12. The van der Waals surface area contributed by atoms with Crippen molar-refractivity contribution in [3.05, 3.63) is 211 Å². The minimum absolute atomic E-state index is 0.0245. The van der Waals surface area contributed by atoms with E-state index in [1.54, 1.807) is 71.6 Å². The highest BCUT2D eigenvalue weighted by Gasteiger charge is 2.36. The van der Waals surface area contributed by atoms with Gasteiger partial charge in [0.05, 0.1) is 131 Å². The van der Waals surface area contributed by atoms with Crippen LogP contribution in [0.4, 0.5) is 23.3 Å². The van der Waals surface area contributed by atoms with Crippen molar-refractivity contribution in [2.24, 2.45) is 0 Å². The number of aliphatic hydroxyl groups is 1. The van der Waals surface area contributed by atoms with Crippen LogP contribution in [-0.4, -0.2) is 264 Å². The van der Waals surface area contributed by atoms with Gasteiger partial charge in [0.15, 0.2) is 22.6 Å². The van der Waals surface area contributed by atoms with Gasteiger partial charge >= 0.3 is 0 Å². The predicted molar refractivity (Wildman–Crippen MR) is 552 cm³/mol. The van der Waals surface area contributed by atoms with Crippen molar-refractivity contribution >= 4 is 169 Å². The molecule has 0 aromatic carbocycles. The number of piperazine rings is 1. The summed E-state index contributed by atoms with van der Waals surface area (Å²) < 4.78 is 12.5. The fraction of sp³-hybridized carbons (Fsp3) is 0.363. The summed E-state index contributed by atoms with van der Waals surface area (Å²) in [4.78, 5) is 146. The van der Waals surface area contributed by atoms with E-state index in [2.05, 4.69) is 99.5 Å². The standard InChI is InChI=1S/C26H27N7O3S.C26H28N6O3S.C25H29N7O2S.C25H26N6O3S/c1-15-17(12-24(35)28-15)11-18-14-27-33-23(29-19-3-4-19)13-20(30-25(18)33)21-5-6-22(37-21)26(36)32-9-7-31(8-10-32)16(2)34;1-15-16(11-24(33)28-15)10-17-13-27-32-23(29-18-5-6-18)12-20(30-25(17)32)21-7-8-22(36-21)26(34)31-9-3-4-19(31)14-35-2;1-15-16(12-23(33)28-15)11-17-14-27-32-22(29-18-5-6-18)13-19(30-24(17)32)20-7-8-21(35-20)25(34)26-9-4-10-31(2)3;1-14-15(10-23(33)27-14)9-16-12-26-31-22(28-17-4-5-17)11-19(29-24(16)31)20-6-7-21(35-20)25(34)30-8-2-3-18(32)13-30/h5-6,11,13-14,19,29H,1,3-4,7-10,12H2,2H3,(H,28,35);7-8,10,12-13,18-19,29H,1,3-6,9,11,14H2,2H3,(H,28,33);7-8,11,13-14,18,29H,1,4-6,9-10,12H2,2-3H3,(H,26,34)(H,28,33);6-7,9,11-12,17-18,28,32H,1-5,8,10,13H2,(H,27,33)/b17-11+;16-10+;16-11+;15-9+/t;19-;;/m.0../s1. The third-order valence-corrected chi connectivity index (χ3v) is 30.6. The third-order valence-electron chi connectivity index (χ3n) is 26.2. The van der Waals surface area contributed by atoms with Crippen LogP contribution in [0.2, 0.25) is 0 Å². The molecule has 37 nitrogen and oxygen atoms in total. The van der Waals surface area contributed by atoms with Crippen LogP contribution in [0.1, 0.15) is 177 Å². The summed E-state index contributed by atoms with van der Waals surface area (Å²) in [6.07, 6.45) is 28.7. The van der Waals surface area contributed by atoms with Gasteiger partial charge in [0.25, 0.3) is 23.6 Å². The highest BCUT2D eigenvalue weighted by Crippen LogP contribution is 2.41. The molecule has 7 saturated heterocycles. The lowest BCUT2D eigenvalue weighted by atomic mass is 10.1. The Morgan fingerprint density at radius 3 is 1.11 bits per heavy atom. The molecule has 7 aliphatic heterocycles. The number of nitrogens with zero attached hydrogens (tertiary/aromatic N) is 17. The molecule has 738 valence electrons.